The molecular weight excluding hydrogens is 224 g/mol. The lowest BCUT2D eigenvalue weighted by Gasteiger charge is -2.19. The molecule has 2 rings (SSSR count). The summed E-state index contributed by atoms with van der Waals surface area (Å²) < 4.78 is 0. The molecule has 0 atom stereocenters. The molecule has 0 saturated carbocycles. The molecule has 0 unspecified atom stereocenters. The molecule has 1 aromatic rings. The number of benzene rings is 1. The summed E-state index contributed by atoms with van der Waals surface area (Å²) in [4.78, 5) is 0. The van der Waals surface area contributed by atoms with E-state index < -0.39 is 0 Å². The standard InChI is InChI=1S/C6H6ClN.C6H13NO/c7-5-2-1-3-6(8)4-5;8-5-6-1-3-7-4-2-6/h1-4H,8H2;6-8H,1-5H2. The highest BCUT2D eigenvalue weighted by molar-refractivity contribution is 6.30. The highest BCUT2D eigenvalue weighted by Crippen LogP contribution is 2.10. The fraction of sp³-hybridized carbons (Fsp3) is 0.500. The molecule has 0 spiro atoms. The molecule has 0 aromatic heterocycles. The van der Waals surface area contributed by atoms with Crippen molar-refractivity contribution in [1.29, 1.82) is 0 Å². The lowest BCUT2D eigenvalue weighted by Crippen LogP contribution is -2.29. The van der Waals surface area contributed by atoms with Crippen LogP contribution in [0.3, 0.4) is 0 Å². The summed E-state index contributed by atoms with van der Waals surface area (Å²) in [6, 6.07) is 7.11. The van der Waals surface area contributed by atoms with Gasteiger partial charge in [-0.25, -0.2) is 0 Å². The van der Waals surface area contributed by atoms with Gasteiger partial charge in [-0.1, -0.05) is 17.7 Å². The van der Waals surface area contributed by atoms with E-state index in [0.717, 1.165) is 25.9 Å². The first-order chi connectivity index (χ1) is 7.72. The first kappa shape index (κ1) is 13.3. The Hall–Kier alpha value is -0.770. The zero-order chi connectivity index (χ0) is 11.8. The van der Waals surface area contributed by atoms with E-state index in [0.29, 0.717) is 23.2 Å². The Morgan fingerprint density at radius 2 is 2.06 bits per heavy atom. The van der Waals surface area contributed by atoms with E-state index in [1.165, 1.54) is 0 Å². The Balaban J connectivity index is 0.000000160. The van der Waals surface area contributed by atoms with Gasteiger partial charge in [-0.3, -0.25) is 0 Å². The van der Waals surface area contributed by atoms with Gasteiger partial charge in [0.1, 0.15) is 0 Å². The minimum atomic E-state index is 0.377. The van der Waals surface area contributed by atoms with Gasteiger partial charge in [0.15, 0.2) is 0 Å². The molecule has 4 heteroatoms. The predicted octanol–water partition coefficient (Wildman–Crippen LogP) is 1.90. The van der Waals surface area contributed by atoms with Crippen molar-refractivity contribution >= 4 is 17.3 Å². The summed E-state index contributed by atoms with van der Waals surface area (Å²) in [5.74, 6) is 0.580. The molecule has 0 radical (unpaired) electrons. The zero-order valence-corrected chi connectivity index (χ0v) is 10.1. The van der Waals surface area contributed by atoms with Gasteiger partial charge < -0.3 is 16.2 Å². The summed E-state index contributed by atoms with van der Waals surface area (Å²) in [5, 5.41) is 12.6. The van der Waals surface area contributed by atoms with E-state index in [4.69, 9.17) is 22.4 Å². The maximum Gasteiger partial charge on any atom is 0.0460 e. The molecule has 1 saturated heterocycles. The Morgan fingerprint density at radius 3 is 2.44 bits per heavy atom. The van der Waals surface area contributed by atoms with Crippen LogP contribution in [0.25, 0.3) is 0 Å². The van der Waals surface area contributed by atoms with Crippen molar-refractivity contribution in [2.24, 2.45) is 5.92 Å². The van der Waals surface area contributed by atoms with E-state index in [-0.39, 0.29) is 0 Å². The molecule has 0 bridgehead atoms. The molecule has 90 valence electrons. The molecule has 1 fully saturated rings. The summed E-state index contributed by atoms with van der Waals surface area (Å²) in [7, 11) is 0. The average Bonchev–Trinajstić information content (AvgIpc) is 2.31. The van der Waals surface area contributed by atoms with Crippen molar-refractivity contribution in [3.8, 4) is 0 Å². The number of nitrogens with one attached hydrogen (secondary N) is 1. The molecule has 1 aromatic carbocycles. The number of nitrogens with two attached hydrogens (primary N) is 1. The van der Waals surface area contributed by atoms with Crippen LogP contribution in [0, 0.1) is 5.92 Å². The summed E-state index contributed by atoms with van der Waals surface area (Å²) in [5.41, 5.74) is 6.08. The van der Waals surface area contributed by atoms with Gasteiger partial charge in [-0.15, -0.1) is 0 Å². The largest absolute Gasteiger partial charge is 0.399 e. The number of anilines is 1. The number of rotatable bonds is 1. The molecule has 1 aliphatic heterocycles. The highest BCUT2D eigenvalue weighted by Gasteiger charge is 2.10. The third-order valence-electron chi connectivity index (χ3n) is 2.57. The first-order valence-corrected chi connectivity index (χ1v) is 5.93. The van der Waals surface area contributed by atoms with Crippen LogP contribution >= 0.6 is 11.6 Å². The monoisotopic (exact) mass is 242 g/mol. The minimum Gasteiger partial charge on any atom is -0.399 e. The maximum atomic E-state index is 8.66. The third-order valence-corrected chi connectivity index (χ3v) is 2.80. The lowest BCUT2D eigenvalue weighted by atomic mass is 10.00. The van der Waals surface area contributed by atoms with E-state index in [2.05, 4.69) is 5.32 Å². The van der Waals surface area contributed by atoms with Crippen LogP contribution in [-0.4, -0.2) is 24.8 Å². The Morgan fingerprint density at radius 1 is 1.38 bits per heavy atom. The second kappa shape index (κ2) is 7.49. The summed E-state index contributed by atoms with van der Waals surface area (Å²) in [6.07, 6.45) is 2.30. The second-order valence-corrected chi connectivity index (χ2v) is 4.37. The van der Waals surface area contributed by atoms with Crippen LogP contribution in [0.15, 0.2) is 24.3 Å². The zero-order valence-electron chi connectivity index (χ0n) is 9.32. The number of halogens is 1. The van der Waals surface area contributed by atoms with Crippen LogP contribution in [0.2, 0.25) is 5.02 Å². The predicted molar refractivity (Wildman–Crippen MR) is 68.5 cm³/mol. The second-order valence-electron chi connectivity index (χ2n) is 3.93. The summed E-state index contributed by atoms with van der Waals surface area (Å²) in [6.45, 7) is 2.55. The number of aliphatic hydroxyl groups is 1. The van der Waals surface area contributed by atoms with Gasteiger partial charge in [-0.05, 0) is 50.0 Å². The van der Waals surface area contributed by atoms with Gasteiger partial charge in [0.05, 0.1) is 0 Å². The SMILES string of the molecule is Nc1cccc(Cl)c1.OCC1CCNCC1. The topological polar surface area (TPSA) is 58.3 Å². The third kappa shape index (κ3) is 5.35. The highest BCUT2D eigenvalue weighted by atomic mass is 35.5. The van der Waals surface area contributed by atoms with E-state index >= 15 is 0 Å². The Kier molecular flexibility index (Phi) is 6.23. The van der Waals surface area contributed by atoms with Gasteiger partial charge in [0.2, 0.25) is 0 Å². The molecule has 0 amide bonds. The maximum absolute atomic E-state index is 8.66. The van der Waals surface area contributed by atoms with Crippen LogP contribution in [0.5, 0.6) is 0 Å². The Labute approximate surface area is 102 Å². The van der Waals surface area contributed by atoms with Crippen LogP contribution in [-0.2, 0) is 0 Å². The van der Waals surface area contributed by atoms with Crippen LogP contribution in [0.4, 0.5) is 5.69 Å². The van der Waals surface area contributed by atoms with Gasteiger partial charge in [-0.2, -0.15) is 0 Å². The van der Waals surface area contributed by atoms with Crippen molar-refractivity contribution in [2.45, 2.75) is 12.8 Å². The molecule has 3 nitrogen and oxygen atoms in total. The van der Waals surface area contributed by atoms with Crippen LogP contribution in [0.1, 0.15) is 12.8 Å². The molecule has 16 heavy (non-hydrogen) atoms. The van der Waals surface area contributed by atoms with Gasteiger partial charge in [0.25, 0.3) is 0 Å². The van der Waals surface area contributed by atoms with Gasteiger partial charge in [0, 0.05) is 17.3 Å². The molecule has 1 aliphatic rings. The fourth-order valence-corrected chi connectivity index (χ4v) is 1.77. The number of nitrogen functional groups attached to an aromatic ring is 1. The first-order valence-electron chi connectivity index (χ1n) is 5.55. The lowest BCUT2D eigenvalue weighted by molar-refractivity contribution is 0.196. The summed E-state index contributed by atoms with van der Waals surface area (Å²) >= 11 is 5.56. The van der Waals surface area contributed by atoms with Crippen molar-refractivity contribution in [3.05, 3.63) is 29.3 Å². The minimum absolute atomic E-state index is 0.377. The quantitative estimate of drug-likeness (QED) is 0.660. The average molecular weight is 243 g/mol. The normalized spacial score (nSPS) is 16.4. The molecule has 0 aliphatic carbocycles. The number of piperidine rings is 1. The number of hydrogen-bond donors (Lipinski definition) is 3. The van der Waals surface area contributed by atoms with Crippen molar-refractivity contribution in [1.82, 2.24) is 5.32 Å². The molecular formula is C12H19ClN2O. The fourth-order valence-electron chi connectivity index (χ4n) is 1.57. The van der Waals surface area contributed by atoms with E-state index in [1.54, 1.807) is 18.2 Å². The van der Waals surface area contributed by atoms with Crippen LogP contribution < -0.4 is 11.1 Å². The van der Waals surface area contributed by atoms with Crippen molar-refractivity contribution in [3.63, 3.8) is 0 Å². The Bertz CT molecular complexity index is 284. The van der Waals surface area contributed by atoms with E-state index in [1.807, 2.05) is 6.07 Å². The van der Waals surface area contributed by atoms with Crippen molar-refractivity contribution in [2.75, 3.05) is 25.4 Å². The van der Waals surface area contributed by atoms with Crippen molar-refractivity contribution < 1.29 is 5.11 Å². The number of hydrogen-bond acceptors (Lipinski definition) is 3. The van der Waals surface area contributed by atoms with Gasteiger partial charge >= 0.3 is 0 Å². The number of aliphatic hydroxyl groups excluding tert-OH is 1. The van der Waals surface area contributed by atoms with E-state index in [9.17, 15) is 0 Å². The molecule has 4 N–H and O–H groups in total. The smallest absolute Gasteiger partial charge is 0.0460 e. The molecule has 1 heterocycles.